The number of nitrogens with zero attached hydrogens (tertiary/aromatic N) is 4. The molecule has 0 radical (unpaired) electrons. The lowest BCUT2D eigenvalue weighted by molar-refractivity contribution is -0.136. The van der Waals surface area contributed by atoms with Crippen LogP contribution < -0.4 is 9.47 Å². The van der Waals surface area contributed by atoms with E-state index in [0.29, 0.717) is 22.9 Å². The van der Waals surface area contributed by atoms with E-state index < -0.39 is 18.4 Å². The molecule has 0 N–H and O–H groups in total. The standard InChI is InChI=1S/C21H20N4O5/c1-14-22-23-24-25(14)17(11-15-7-5-4-6-8-15)21(27)30-13-18(26)16-9-10-19(28-2)20(12-16)29-3/h4-12H,13H2,1-3H3/b17-11-. The van der Waals surface area contributed by atoms with Crippen LogP contribution in [0.2, 0.25) is 0 Å². The number of aromatic nitrogens is 4. The predicted octanol–water partition coefficient (Wildman–Crippen LogP) is 2.42. The molecule has 0 amide bonds. The van der Waals surface area contributed by atoms with E-state index in [1.54, 1.807) is 25.1 Å². The Morgan fingerprint density at radius 2 is 1.77 bits per heavy atom. The SMILES string of the molecule is COc1ccc(C(=O)COC(=O)/C(=C/c2ccccc2)n2nnnc2C)cc1OC. The Labute approximate surface area is 172 Å². The minimum Gasteiger partial charge on any atom is -0.493 e. The normalized spacial score (nSPS) is 11.1. The van der Waals surface area contributed by atoms with Gasteiger partial charge in [-0.3, -0.25) is 4.79 Å². The van der Waals surface area contributed by atoms with Crippen molar-refractivity contribution in [3.8, 4) is 11.5 Å². The molecule has 0 saturated heterocycles. The summed E-state index contributed by atoms with van der Waals surface area (Å²) >= 11 is 0. The summed E-state index contributed by atoms with van der Waals surface area (Å²) in [6.07, 6.45) is 1.59. The number of benzene rings is 2. The van der Waals surface area contributed by atoms with Crippen LogP contribution in [0.1, 0.15) is 21.7 Å². The number of rotatable bonds is 8. The molecule has 0 atom stereocenters. The molecule has 0 aliphatic carbocycles. The van der Waals surface area contributed by atoms with E-state index in [2.05, 4.69) is 15.5 Å². The smallest absolute Gasteiger partial charge is 0.357 e. The second-order valence-electron chi connectivity index (χ2n) is 6.15. The van der Waals surface area contributed by atoms with Crippen LogP contribution in [-0.4, -0.2) is 52.8 Å². The summed E-state index contributed by atoms with van der Waals surface area (Å²) in [7, 11) is 2.98. The first kappa shape index (κ1) is 20.7. The van der Waals surface area contributed by atoms with Gasteiger partial charge >= 0.3 is 5.97 Å². The molecule has 9 heteroatoms. The number of ketones is 1. The molecule has 0 spiro atoms. The summed E-state index contributed by atoms with van der Waals surface area (Å²) in [5.74, 6) is 0.178. The van der Waals surface area contributed by atoms with Crippen molar-refractivity contribution in [2.45, 2.75) is 6.92 Å². The molecule has 0 bridgehead atoms. The summed E-state index contributed by atoms with van der Waals surface area (Å²) in [5.41, 5.74) is 1.17. The Morgan fingerprint density at radius 1 is 1.03 bits per heavy atom. The van der Waals surface area contributed by atoms with Crippen LogP contribution >= 0.6 is 0 Å². The molecule has 2 aromatic carbocycles. The molecule has 0 aliphatic rings. The first-order valence-corrected chi connectivity index (χ1v) is 8.98. The molecule has 9 nitrogen and oxygen atoms in total. The number of methoxy groups -OCH3 is 2. The van der Waals surface area contributed by atoms with E-state index >= 15 is 0 Å². The average molecular weight is 408 g/mol. The highest BCUT2D eigenvalue weighted by molar-refractivity contribution is 6.16. The van der Waals surface area contributed by atoms with E-state index in [9.17, 15) is 9.59 Å². The third-order valence-electron chi connectivity index (χ3n) is 4.21. The van der Waals surface area contributed by atoms with Gasteiger partial charge in [-0.2, -0.15) is 4.68 Å². The van der Waals surface area contributed by atoms with Crippen molar-refractivity contribution in [2.75, 3.05) is 20.8 Å². The number of tetrazole rings is 1. The van der Waals surface area contributed by atoms with E-state index in [1.165, 1.54) is 25.0 Å². The summed E-state index contributed by atoms with van der Waals surface area (Å²) in [6.45, 7) is 1.20. The van der Waals surface area contributed by atoms with Crippen molar-refractivity contribution in [1.82, 2.24) is 20.2 Å². The first-order chi connectivity index (χ1) is 14.5. The highest BCUT2D eigenvalue weighted by Gasteiger charge is 2.20. The second-order valence-corrected chi connectivity index (χ2v) is 6.15. The van der Waals surface area contributed by atoms with E-state index in [4.69, 9.17) is 14.2 Å². The topological polar surface area (TPSA) is 105 Å². The summed E-state index contributed by atoms with van der Waals surface area (Å²) in [5, 5.41) is 11.2. The number of esters is 1. The lowest BCUT2D eigenvalue weighted by atomic mass is 10.1. The van der Waals surface area contributed by atoms with Gasteiger partial charge in [0.15, 0.2) is 35.4 Å². The zero-order valence-corrected chi connectivity index (χ0v) is 16.7. The van der Waals surface area contributed by atoms with Crippen LogP contribution in [0.3, 0.4) is 0 Å². The fourth-order valence-electron chi connectivity index (χ4n) is 2.67. The van der Waals surface area contributed by atoms with Gasteiger partial charge in [-0.15, -0.1) is 5.10 Å². The number of aryl methyl sites for hydroxylation is 1. The summed E-state index contributed by atoms with van der Waals surface area (Å²) in [4.78, 5) is 25.3. The maximum atomic E-state index is 12.8. The van der Waals surface area contributed by atoms with Gasteiger partial charge in [0.1, 0.15) is 0 Å². The van der Waals surface area contributed by atoms with Gasteiger partial charge in [0.2, 0.25) is 0 Å². The van der Waals surface area contributed by atoms with Crippen molar-refractivity contribution in [1.29, 1.82) is 0 Å². The largest absolute Gasteiger partial charge is 0.493 e. The van der Waals surface area contributed by atoms with Crippen LogP contribution in [0.25, 0.3) is 11.8 Å². The van der Waals surface area contributed by atoms with Gasteiger partial charge in [0.05, 0.1) is 14.2 Å². The minimum absolute atomic E-state index is 0.0869. The van der Waals surface area contributed by atoms with Gasteiger partial charge in [-0.25, -0.2) is 4.79 Å². The van der Waals surface area contributed by atoms with Crippen LogP contribution in [0.15, 0.2) is 48.5 Å². The molecule has 1 aromatic heterocycles. The molecule has 0 aliphatic heterocycles. The van der Waals surface area contributed by atoms with Crippen LogP contribution in [0.4, 0.5) is 0 Å². The van der Waals surface area contributed by atoms with Gasteiger partial charge in [0.25, 0.3) is 0 Å². The van der Waals surface area contributed by atoms with Gasteiger partial charge in [-0.1, -0.05) is 30.3 Å². The minimum atomic E-state index is -0.733. The van der Waals surface area contributed by atoms with Gasteiger partial charge < -0.3 is 14.2 Å². The molecule has 3 rings (SSSR count). The Hall–Kier alpha value is -4.01. The summed E-state index contributed by atoms with van der Waals surface area (Å²) < 4.78 is 16.9. The molecule has 30 heavy (non-hydrogen) atoms. The number of hydrogen-bond donors (Lipinski definition) is 0. The number of carbonyl (C=O) groups is 2. The molecule has 154 valence electrons. The lowest BCUT2D eigenvalue weighted by Crippen LogP contribution is -2.19. The third-order valence-corrected chi connectivity index (χ3v) is 4.21. The number of carbonyl (C=O) groups excluding carboxylic acids is 2. The third kappa shape index (κ3) is 4.69. The zero-order valence-electron chi connectivity index (χ0n) is 16.7. The van der Waals surface area contributed by atoms with Crippen LogP contribution in [0.5, 0.6) is 11.5 Å². The van der Waals surface area contributed by atoms with Crippen molar-refractivity contribution < 1.29 is 23.8 Å². The Morgan fingerprint density at radius 3 is 2.40 bits per heavy atom. The first-order valence-electron chi connectivity index (χ1n) is 8.98. The fraction of sp³-hybridized carbons (Fsp3) is 0.190. The molecule has 0 saturated carbocycles. The predicted molar refractivity (Wildman–Crippen MR) is 108 cm³/mol. The molecule has 3 aromatic rings. The van der Waals surface area contributed by atoms with Crippen LogP contribution in [0, 0.1) is 6.92 Å². The monoisotopic (exact) mass is 408 g/mol. The maximum absolute atomic E-state index is 12.8. The summed E-state index contributed by atoms with van der Waals surface area (Å²) in [6, 6.07) is 13.9. The maximum Gasteiger partial charge on any atom is 0.357 e. The molecule has 0 fully saturated rings. The van der Waals surface area contributed by atoms with Crippen molar-refractivity contribution in [3.05, 3.63) is 65.5 Å². The number of Topliss-reactive ketones (excluding diaryl/α,β-unsaturated/α-hetero) is 1. The van der Waals surface area contributed by atoms with Crippen LogP contribution in [-0.2, 0) is 9.53 Å². The Kier molecular flexibility index (Phi) is 6.53. The highest BCUT2D eigenvalue weighted by Crippen LogP contribution is 2.27. The van der Waals surface area contributed by atoms with Crippen molar-refractivity contribution in [2.24, 2.45) is 0 Å². The number of ether oxygens (including phenoxy) is 3. The molecular weight excluding hydrogens is 388 g/mol. The molecule has 1 heterocycles. The van der Waals surface area contributed by atoms with Gasteiger partial charge in [0, 0.05) is 5.56 Å². The van der Waals surface area contributed by atoms with E-state index in [0.717, 1.165) is 5.56 Å². The second kappa shape index (κ2) is 9.46. The van der Waals surface area contributed by atoms with E-state index in [-0.39, 0.29) is 5.70 Å². The Balaban J connectivity index is 1.79. The van der Waals surface area contributed by atoms with Gasteiger partial charge in [-0.05, 0) is 47.2 Å². The highest BCUT2D eigenvalue weighted by atomic mass is 16.5. The average Bonchev–Trinajstić information content (AvgIpc) is 3.21. The number of hydrogen-bond acceptors (Lipinski definition) is 8. The Bertz CT molecular complexity index is 1080. The fourth-order valence-corrected chi connectivity index (χ4v) is 2.67. The van der Waals surface area contributed by atoms with Crippen molar-refractivity contribution in [3.63, 3.8) is 0 Å². The zero-order chi connectivity index (χ0) is 21.5. The van der Waals surface area contributed by atoms with Crippen molar-refractivity contribution >= 4 is 23.5 Å². The lowest BCUT2D eigenvalue weighted by Gasteiger charge is -2.10. The molecular formula is C21H20N4O5. The molecule has 0 unspecified atom stereocenters. The van der Waals surface area contributed by atoms with E-state index in [1.807, 2.05) is 30.3 Å². The quantitative estimate of drug-likeness (QED) is 0.318.